The van der Waals surface area contributed by atoms with Crippen molar-refractivity contribution < 1.29 is 0 Å². The van der Waals surface area contributed by atoms with Gasteiger partial charge in [-0.3, -0.25) is 0 Å². The monoisotopic (exact) mass is 1710 g/mol. The molecule has 0 saturated heterocycles. The van der Waals surface area contributed by atoms with Crippen molar-refractivity contribution in [2.45, 2.75) is 0 Å². The lowest BCUT2D eigenvalue weighted by molar-refractivity contribution is 1.59. The molecule has 638 valence electrons. The van der Waals surface area contributed by atoms with Gasteiger partial charge in [0.1, 0.15) is 0 Å². The third-order valence-corrected chi connectivity index (χ3v) is 23.1. The van der Waals surface area contributed by atoms with Crippen LogP contribution < -0.4 is 0 Å². The Hall–Kier alpha value is -17.4. The summed E-state index contributed by atoms with van der Waals surface area (Å²) in [6.07, 6.45) is 69.3. The second kappa shape index (κ2) is 46.5. The van der Waals surface area contributed by atoms with Crippen molar-refractivity contribution in [3.8, 4) is 0 Å². The van der Waals surface area contributed by atoms with Gasteiger partial charge in [-0.15, -0.1) is 0 Å². The molecule has 0 unspecified atom stereocenters. The molecule has 0 saturated carbocycles. The Bertz CT molecular complexity index is 6530. The number of hydrogen-bond donors (Lipinski definition) is 0. The molecule has 0 fully saturated rings. The quantitative estimate of drug-likeness (QED) is 0.0369. The van der Waals surface area contributed by atoms with Gasteiger partial charge in [0.15, 0.2) is 0 Å². The molecule has 17 aromatic carbocycles. The third kappa shape index (κ3) is 28.3. The number of hydrogen-bond acceptors (Lipinski definition) is 0. The highest BCUT2D eigenvalue weighted by atomic mass is 14.1. The summed E-state index contributed by atoms with van der Waals surface area (Å²) in [5.41, 5.74) is 37.3. The maximum atomic E-state index is 2.17. The highest BCUT2D eigenvalue weighted by molar-refractivity contribution is 5.84. The molecule has 0 radical (unpaired) electrons. The van der Waals surface area contributed by atoms with Crippen molar-refractivity contribution in [1.82, 2.24) is 0 Å². The topological polar surface area (TPSA) is 0 Å². The Labute approximate surface area is 791 Å². The van der Waals surface area contributed by atoms with Crippen LogP contribution in [-0.2, 0) is 0 Å². The van der Waals surface area contributed by atoms with Crippen LogP contribution in [0.1, 0.15) is 178 Å². The molecule has 0 aromatic heterocycles. The van der Waals surface area contributed by atoms with Gasteiger partial charge in [-0.1, -0.05) is 619 Å². The average molecular weight is 1710 g/mol. The van der Waals surface area contributed by atoms with Crippen LogP contribution in [0.25, 0.3) is 194 Å². The zero-order valence-electron chi connectivity index (χ0n) is 74.9. The first-order chi connectivity index (χ1) is 66.2. The number of benzene rings is 17. The molecule has 134 heavy (non-hydrogen) atoms. The van der Waals surface area contributed by atoms with Crippen LogP contribution in [0.15, 0.2) is 425 Å². The van der Waals surface area contributed by atoms with Gasteiger partial charge in [0.25, 0.3) is 0 Å². The normalized spacial score (nSPS) is 12.3. The van der Waals surface area contributed by atoms with Crippen molar-refractivity contribution in [3.63, 3.8) is 0 Å². The molecule has 0 spiro atoms. The van der Waals surface area contributed by atoms with Gasteiger partial charge in [0.05, 0.1) is 0 Å². The molecule has 17 aromatic rings. The summed E-state index contributed by atoms with van der Waals surface area (Å²) in [5.74, 6) is 0. The highest BCUT2D eigenvalue weighted by Gasteiger charge is 2.04. The van der Waals surface area contributed by atoms with Gasteiger partial charge < -0.3 is 0 Å². The SMILES string of the molecule is C(=C/c1ccc(/C=C/c2ccc(/C=C/c3ccc(/C=C/c4ccc(/C=C/c5ccc(/C=C/c6ccc(/C=C/c7ccc(/C=C/c8ccc(/C=C/c9ccccc9)cc8)cc7)cc6)cc5)cc4)cc3)cc2)cc1)/c1ccc(/C=C/c2ccc(/C=C/c3ccc(/C=C/c4ccc(/C=C/c5ccc(/C=C/c6ccc(/C=C/c7ccc(/C=C/c8ccccc8)cc7)cc6)cc5)cc4)cc3)cc2)cc1. The maximum absolute atomic E-state index is 2.17. The van der Waals surface area contributed by atoms with E-state index in [4.69, 9.17) is 0 Å². The van der Waals surface area contributed by atoms with Gasteiger partial charge in [-0.2, -0.15) is 0 Å². The summed E-state index contributed by atoms with van der Waals surface area (Å²) < 4.78 is 0. The highest BCUT2D eigenvalue weighted by Crippen LogP contribution is 2.26. The Morgan fingerprint density at radius 2 is 0.0970 bits per heavy atom. The van der Waals surface area contributed by atoms with Crippen molar-refractivity contribution in [2.24, 2.45) is 0 Å². The van der Waals surface area contributed by atoms with Gasteiger partial charge in [0, 0.05) is 0 Å². The molecule has 0 aliphatic rings. The molecular weight excluding hydrogens is 1610 g/mol. The van der Waals surface area contributed by atoms with Gasteiger partial charge >= 0.3 is 0 Å². The summed E-state index contributed by atoms with van der Waals surface area (Å²) in [7, 11) is 0. The fourth-order valence-corrected chi connectivity index (χ4v) is 15.0. The smallest absolute Gasteiger partial charge is 0.0256 e. The largest absolute Gasteiger partial charge is 0.0622 e. The molecule has 0 aliphatic heterocycles. The van der Waals surface area contributed by atoms with E-state index in [1.165, 1.54) is 55.6 Å². The second-order valence-electron chi connectivity index (χ2n) is 33.2. The Morgan fingerprint density at radius 3 is 0.149 bits per heavy atom. The van der Waals surface area contributed by atoms with Crippen LogP contribution in [0, 0.1) is 0 Å². The summed E-state index contributed by atoms with van der Waals surface area (Å²) in [6, 6.07) is 151. The lowest BCUT2D eigenvalue weighted by Crippen LogP contribution is -1.79. The maximum Gasteiger partial charge on any atom is -0.0256 e. The molecule has 0 aliphatic carbocycles. The lowest BCUT2D eigenvalue weighted by atomic mass is 10.1. The van der Waals surface area contributed by atoms with Crippen LogP contribution in [0.3, 0.4) is 0 Å². The molecule has 0 bridgehead atoms. The van der Waals surface area contributed by atoms with E-state index in [1.54, 1.807) is 0 Å². The van der Waals surface area contributed by atoms with Crippen molar-refractivity contribution in [3.05, 3.63) is 603 Å². The number of rotatable bonds is 32. The second-order valence-corrected chi connectivity index (χ2v) is 33.2. The molecule has 0 nitrogen and oxygen atoms in total. The van der Waals surface area contributed by atoms with E-state index < -0.39 is 0 Å². The lowest BCUT2D eigenvalue weighted by Gasteiger charge is -2.00. The Balaban J connectivity index is 0.390. The van der Waals surface area contributed by atoms with Crippen LogP contribution in [-0.4, -0.2) is 0 Å². The third-order valence-electron chi connectivity index (χ3n) is 23.1. The van der Waals surface area contributed by atoms with Crippen LogP contribution >= 0.6 is 0 Å². The predicted octanol–water partition coefficient (Wildman–Crippen LogP) is 36.4. The first-order valence-corrected chi connectivity index (χ1v) is 45.7. The minimum Gasteiger partial charge on any atom is -0.0622 e. The predicted molar refractivity (Wildman–Crippen MR) is 592 cm³/mol. The van der Waals surface area contributed by atoms with Gasteiger partial charge in [-0.05, 0) is 178 Å². The van der Waals surface area contributed by atoms with E-state index in [9.17, 15) is 0 Å². The van der Waals surface area contributed by atoms with Crippen molar-refractivity contribution in [2.75, 3.05) is 0 Å². The van der Waals surface area contributed by atoms with Gasteiger partial charge in [0.2, 0.25) is 0 Å². The van der Waals surface area contributed by atoms with E-state index in [2.05, 4.69) is 607 Å². The van der Waals surface area contributed by atoms with Crippen LogP contribution in [0.2, 0.25) is 0 Å². The summed E-state index contributed by atoms with van der Waals surface area (Å²) in [6.45, 7) is 0. The van der Waals surface area contributed by atoms with Crippen LogP contribution in [0.5, 0.6) is 0 Å². The molecule has 17 rings (SSSR count). The first-order valence-electron chi connectivity index (χ1n) is 45.7. The summed E-state index contributed by atoms with van der Waals surface area (Å²) in [4.78, 5) is 0. The molecular formula is C134H102. The van der Waals surface area contributed by atoms with Crippen LogP contribution in [0.4, 0.5) is 0 Å². The fourth-order valence-electron chi connectivity index (χ4n) is 15.0. The molecule has 0 heteroatoms. The summed E-state index contributed by atoms with van der Waals surface area (Å²) >= 11 is 0. The van der Waals surface area contributed by atoms with E-state index in [1.807, 2.05) is 12.1 Å². The van der Waals surface area contributed by atoms with E-state index in [0.29, 0.717) is 0 Å². The Kier molecular flexibility index (Phi) is 30.8. The molecule has 0 N–H and O–H groups in total. The van der Waals surface area contributed by atoms with Crippen molar-refractivity contribution >= 4 is 194 Å². The fraction of sp³-hybridized carbons (Fsp3) is 0. The zero-order chi connectivity index (χ0) is 90.6. The zero-order valence-corrected chi connectivity index (χ0v) is 74.9. The minimum atomic E-state index is 1.16. The molecule has 0 atom stereocenters. The minimum absolute atomic E-state index is 1.16. The van der Waals surface area contributed by atoms with Gasteiger partial charge in [-0.25, -0.2) is 0 Å². The average Bonchev–Trinajstić information content (AvgIpc) is 0.883. The summed E-state index contributed by atoms with van der Waals surface area (Å²) in [5, 5.41) is 0. The molecule has 0 amide bonds. The van der Waals surface area contributed by atoms with E-state index >= 15 is 0 Å². The van der Waals surface area contributed by atoms with Crippen molar-refractivity contribution in [1.29, 1.82) is 0 Å². The van der Waals surface area contributed by atoms with E-state index in [0.717, 1.165) is 122 Å². The standard InChI is InChI=1S/C134H102/c1-3-7-103(8-4-1)11-13-105-15-19-107(20-16-105)23-25-109-27-31-111(32-28-109)35-37-113-39-43-115(44-40-113)47-49-117-51-55-119(56-52-117)59-61-121-63-67-123(68-64-121)71-73-125-75-79-127(80-76-125)83-85-129-87-91-131(92-88-129)95-97-133-99-101-134(102-100-133)98-96-132-93-89-130(90-94-132)86-84-128-81-77-126(78-82-128)74-72-124-69-65-122(66-70-124)62-60-120-57-53-118(54-58-120)50-48-116-45-41-114(42-46-116)38-36-112-33-29-110(30-34-112)26-24-108-21-17-106(18-22-108)14-12-104-9-5-2-6-10-104/h1-102H/b13-11+,14-12+,25-23+,26-24+,37-35+,38-36+,49-47+,50-48+,61-59+,62-60+,73-71+,74-72+,85-83+,86-84+,97-95-,98-96+. The molecule has 0 heterocycles. The van der Waals surface area contributed by atoms with E-state index in [-0.39, 0.29) is 0 Å². The first kappa shape index (κ1) is 88.6. The Morgan fingerprint density at radius 1 is 0.0522 bits per heavy atom.